The van der Waals surface area contributed by atoms with Crippen molar-refractivity contribution in [2.24, 2.45) is 0 Å². The molecule has 1 unspecified atom stereocenters. The summed E-state index contributed by atoms with van der Waals surface area (Å²) in [5.74, 6) is 0.622. The molecule has 0 spiro atoms. The first-order chi connectivity index (χ1) is 9.86. The van der Waals surface area contributed by atoms with Crippen molar-refractivity contribution in [1.29, 1.82) is 0 Å². The summed E-state index contributed by atoms with van der Waals surface area (Å²) in [5.41, 5.74) is 4.12. The molecule has 2 aromatic rings. The van der Waals surface area contributed by atoms with Gasteiger partial charge in [0, 0.05) is 23.8 Å². The molecule has 0 saturated heterocycles. The van der Waals surface area contributed by atoms with Crippen LogP contribution in [0.4, 0.5) is 11.4 Å². The number of anilines is 2. The van der Waals surface area contributed by atoms with Gasteiger partial charge in [-0.3, -0.25) is 0 Å². The zero-order valence-electron chi connectivity index (χ0n) is 13.4. The monoisotopic (exact) mass is 269 g/mol. The highest BCUT2D eigenvalue weighted by molar-refractivity contribution is 5.70. The molecule has 2 aromatic carbocycles. The Balaban J connectivity index is 0.000000461. The molecule has 0 aliphatic carbocycles. The molecule has 0 amide bonds. The van der Waals surface area contributed by atoms with Crippen LogP contribution in [0.5, 0.6) is 0 Å². The molecule has 0 radical (unpaired) electrons. The normalized spacial score (nSPS) is 15.4. The smallest absolute Gasteiger partial charge is 0.0446 e. The van der Waals surface area contributed by atoms with Crippen LogP contribution in [0.2, 0.25) is 0 Å². The summed E-state index contributed by atoms with van der Waals surface area (Å²) in [6, 6.07) is 19.3. The number of rotatable bonds is 1. The van der Waals surface area contributed by atoms with Crippen molar-refractivity contribution < 1.29 is 0 Å². The van der Waals surface area contributed by atoms with E-state index in [1.54, 1.807) is 0 Å². The van der Waals surface area contributed by atoms with Crippen LogP contribution >= 0.6 is 0 Å². The van der Waals surface area contributed by atoms with Crippen molar-refractivity contribution in [3.8, 4) is 0 Å². The molecule has 1 heteroatoms. The number of nitrogens with zero attached hydrogens (tertiary/aromatic N) is 1. The van der Waals surface area contributed by atoms with Crippen molar-refractivity contribution in [1.82, 2.24) is 0 Å². The Morgan fingerprint density at radius 2 is 1.35 bits per heavy atom. The summed E-state index contributed by atoms with van der Waals surface area (Å²) in [6.07, 6.45) is 0. The second-order valence-corrected chi connectivity index (χ2v) is 4.41. The average Bonchev–Trinajstić information content (AvgIpc) is 2.90. The predicted molar refractivity (Wildman–Crippen MR) is 91.0 cm³/mol. The van der Waals surface area contributed by atoms with Crippen LogP contribution < -0.4 is 4.90 Å². The highest BCUT2D eigenvalue weighted by atomic mass is 15.2. The van der Waals surface area contributed by atoms with E-state index in [1.165, 1.54) is 16.9 Å². The van der Waals surface area contributed by atoms with Crippen LogP contribution in [0.1, 0.15) is 46.1 Å². The summed E-state index contributed by atoms with van der Waals surface area (Å²) in [4.78, 5) is 2.40. The van der Waals surface area contributed by atoms with Gasteiger partial charge >= 0.3 is 0 Å². The Labute approximate surface area is 124 Å². The lowest BCUT2D eigenvalue weighted by atomic mass is 10.0. The Morgan fingerprint density at radius 1 is 0.800 bits per heavy atom. The van der Waals surface area contributed by atoms with Gasteiger partial charge in [-0.1, -0.05) is 71.0 Å². The summed E-state index contributed by atoms with van der Waals surface area (Å²) in [6.45, 7) is 11.4. The molecule has 20 heavy (non-hydrogen) atoms. The lowest BCUT2D eigenvalue weighted by Crippen LogP contribution is -2.14. The third-order valence-electron chi connectivity index (χ3n) is 3.28. The fourth-order valence-corrected chi connectivity index (χ4v) is 2.47. The summed E-state index contributed by atoms with van der Waals surface area (Å²) >= 11 is 0. The third kappa shape index (κ3) is 3.41. The maximum atomic E-state index is 2.40. The maximum Gasteiger partial charge on any atom is 0.0446 e. The van der Waals surface area contributed by atoms with E-state index in [1.807, 2.05) is 27.7 Å². The van der Waals surface area contributed by atoms with Crippen molar-refractivity contribution in [2.75, 3.05) is 11.4 Å². The summed E-state index contributed by atoms with van der Waals surface area (Å²) in [7, 11) is 0. The number of hydrogen-bond acceptors (Lipinski definition) is 1. The van der Waals surface area contributed by atoms with Gasteiger partial charge < -0.3 is 4.90 Å². The van der Waals surface area contributed by atoms with Gasteiger partial charge in [0.25, 0.3) is 0 Å². The minimum atomic E-state index is 0.622. The van der Waals surface area contributed by atoms with Crippen molar-refractivity contribution in [2.45, 2.75) is 40.5 Å². The molecule has 3 rings (SSSR count). The molecular weight excluding hydrogens is 242 g/mol. The van der Waals surface area contributed by atoms with Crippen molar-refractivity contribution >= 4 is 11.4 Å². The molecule has 108 valence electrons. The molecule has 0 saturated carbocycles. The quantitative estimate of drug-likeness (QED) is 0.614. The van der Waals surface area contributed by atoms with E-state index in [0.717, 1.165) is 6.54 Å². The van der Waals surface area contributed by atoms with Gasteiger partial charge in [0.1, 0.15) is 0 Å². The molecular formula is C19H27N. The maximum absolute atomic E-state index is 2.40. The second kappa shape index (κ2) is 8.42. The predicted octanol–water partition coefficient (Wildman–Crippen LogP) is 5.99. The van der Waals surface area contributed by atoms with Gasteiger partial charge in [0.15, 0.2) is 0 Å². The van der Waals surface area contributed by atoms with E-state index < -0.39 is 0 Å². The highest BCUT2D eigenvalue weighted by Crippen LogP contribution is 2.40. The first-order valence-corrected chi connectivity index (χ1v) is 7.78. The number of para-hydroxylation sites is 2. The zero-order chi connectivity index (χ0) is 15.0. The molecule has 1 atom stereocenters. The van der Waals surface area contributed by atoms with E-state index in [2.05, 4.69) is 66.4 Å². The molecule has 1 heterocycles. The first-order valence-electron chi connectivity index (χ1n) is 7.78. The van der Waals surface area contributed by atoms with E-state index in [4.69, 9.17) is 0 Å². The number of benzene rings is 2. The molecule has 0 aromatic heterocycles. The Bertz CT molecular complexity index is 490. The summed E-state index contributed by atoms with van der Waals surface area (Å²) in [5, 5.41) is 0. The Kier molecular flexibility index (Phi) is 6.86. The van der Waals surface area contributed by atoms with Crippen LogP contribution in [0.25, 0.3) is 0 Å². The van der Waals surface area contributed by atoms with Crippen LogP contribution in [0.3, 0.4) is 0 Å². The SMILES string of the molecule is CC.CC.CC1CN(c2ccccc2)c2ccccc21. The average molecular weight is 269 g/mol. The van der Waals surface area contributed by atoms with Crippen molar-refractivity contribution in [3.63, 3.8) is 0 Å². The van der Waals surface area contributed by atoms with Gasteiger partial charge in [-0.05, 0) is 23.8 Å². The minimum Gasteiger partial charge on any atom is -0.341 e. The molecule has 1 aliphatic heterocycles. The molecule has 0 N–H and O–H groups in total. The van der Waals surface area contributed by atoms with E-state index in [9.17, 15) is 0 Å². The molecule has 0 bridgehead atoms. The fraction of sp³-hybridized carbons (Fsp3) is 0.368. The largest absolute Gasteiger partial charge is 0.341 e. The molecule has 0 fully saturated rings. The van der Waals surface area contributed by atoms with Gasteiger partial charge in [-0.25, -0.2) is 0 Å². The third-order valence-corrected chi connectivity index (χ3v) is 3.28. The minimum absolute atomic E-state index is 0.622. The van der Waals surface area contributed by atoms with E-state index in [0.29, 0.717) is 5.92 Å². The highest BCUT2D eigenvalue weighted by Gasteiger charge is 2.25. The Morgan fingerprint density at radius 3 is 2.00 bits per heavy atom. The first kappa shape index (κ1) is 16.3. The van der Waals surface area contributed by atoms with Crippen LogP contribution in [0.15, 0.2) is 54.6 Å². The van der Waals surface area contributed by atoms with E-state index >= 15 is 0 Å². The van der Waals surface area contributed by atoms with E-state index in [-0.39, 0.29) is 0 Å². The van der Waals surface area contributed by atoms with Gasteiger partial charge in [0.05, 0.1) is 0 Å². The zero-order valence-corrected chi connectivity index (χ0v) is 13.4. The van der Waals surface area contributed by atoms with Crippen LogP contribution in [-0.4, -0.2) is 6.54 Å². The standard InChI is InChI=1S/C15H15N.2C2H6/c1-12-11-16(13-7-3-2-4-8-13)15-10-6-5-9-14(12)15;2*1-2/h2-10,12H,11H2,1H3;2*1-2H3. The number of fused-ring (bicyclic) bond motifs is 1. The fourth-order valence-electron chi connectivity index (χ4n) is 2.47. The molecule has 1 nitrogen and oxygen atoms in total. The summed E-state index contributed by atoms with van der Waals surface area (Å²) < 4.78 is 0. The second-order valence-electron chi connectivity index (χ2n) is 4.41. The van der Waals surface area contributed by atoms with Crippen LogP contribution in [-0.2, 0) is 0 Å². The lowest BCUT2D eigenvalue weighted by molar-refractivity contribution is 0.813. The topological polar surface area (TPSA) is 3.24 Å². The van der Waals surface area contributed by atoms with Crippen molar-refractivity contribution in [3.05, 3.63) is 60.2 Å². The van der Waals surface area contributed by atoms with Crippen LogP contribution in [0, 0.1) is 0 Å². The Hall–Kier alpha value is -1.76. The number of hydrogen-bond donors (Lipinski definition) is 0. The van der Waals surface area contributed by atoms with Gasteiger partial charge in [-0.15, -0.1) is 0 Å². The van der Waals surface area contributed by atoms with Gasteiger partial charge in [0.2, 0.25) is 0 Å². The van der Waals surface area contributed by atoms with Gasteiger partial charge in [-0.2, -0.15) is 0 Å². The lowest BCUT2D eigenvalue weighted by Gasteiger charge is -2.19. The molecule has 1 aliphatic rings.